The van der Waals surface area contributed by atoms with E-state index in [4.69, 9.17) is 4.74 Å². The van der Waals surface area contributed by atoms with Crippen molar-refractivity contribution in [1.29, 1.82) is 0 Å². The predicted molar refractivity (Wildman–Crippen MR) is 121 cm³/mol. The number of aryl methyl sites for hydroxylation is 2. The number of hydrogen-bond donors (Lipinski definition) is 2. The summed E-state index contributed by atoms with van der Waals surface area (Å²) in [5.74, 6) is -0.486. The van der Waals surface area contributed by atoms with E-state index in [2.05, 4.69) is 10.6 Å². The fourth-order valence-corrected chi connectivity index (χ4v) is 3.42. The van der Waals surface area contributed by atoms with Crippen molar-refractivity contribution in [2.75, 3.05) is 16.8 Å². The summed E-state index contributed by atoms with van der Waals surface area (Å²) in [4.78, 5) is 39.8. The highest BCUT2D eigenvalue weighted by Gasteiger charge is 2.42. The number of anilines is 2. The van der Waals surface area contributed by atoms with E-state index >= 15 is 0 Å². The van der Waals surface area contributed by atoms with E-state index < -0.39 is 5.60 Å². The second kappa shape index (κ2) is 8.41. The van der Waals surface area contributed by atoms with Crippen LogP contribution < -0.4 is 20.3 Å². The molecule has 3 amide bonds. The lowest BCUT2D eigenvalue weighted by atomic mass is 10.0. The van der Waals surface area contributed by atoms with E-state index in [0.29, 0.717) is 22.7 Å². The van der Waals surface area contributed by atoms with Crippen molar-refractivity contribution in [2.24, 2.45) is 0 Å². The van der Waals surface area contributed by atoms with Gasteiger partial charge in [-0.2, -0.15) is 0 Å². The van der Waals surface area contributed by atoms with Crippen LogP contribution in [0.1, 0.15) is 49.2 Å². The van der Waals surface area contributed by atoms with Crippen LogP contribution in [0.5, 0.6) is 5.75 Å². The number of rotatable bonds is 5. The third-order valence-corrected chi connectivity index (χ3v) is 5.03. The number of fused-ring (bicyclic) bond motifs is 1. The van der Waals surface area contributed by atoms with Crippen LogP contribution in [0, 0.1) is 13.8 Å². The molecule has 31 heavy (non-hydrogen) atoms. The minimum Gasteiger partial charge on any atom is -0.476 e. The molecule has 0 spiro atoms. The molecule has 2 aromatic carbocycles. The Kier molecular flexibility index (Phi) is 6.06. The quantitative estimate of drug-likeness (QED) is 0.769. The first-order valence-electron chi connectivity index (χ1n) is 10.3. The molecule has 7 heteroatoms. The third-order valence-electron chi connectivity index (χ3n) is 5.03. The molecule has 164 valence electrons. The molecule has 0 aliphatic carbocycles. The monoisotopic (exact) mass is 423 g/mol. The molecule has 1 heterocycles. The van der Waals surface area contributed by atoms with Gasteiger partial charge in [0.05, 0.1) is 5.69 Å². The van der Waals surface area contributed by atoms with E-state index in [1.165, 1.54) is 4.90 Å². The van der Waals surface area contributed by atoms with E-state index in [0.717, 1.165) is 11.1 Å². The minimum atomic E-state index is -1.13. The smallest absolute Gasteiger partial charge is 0.271 e. The van der Waals surface area contributed by atoms with Crippen LogP contribution in [-0.2, 0) is 9.59 Å². The molecule has 0 saturated heterocycles. The highest BCUT2D eigenvalue weighted by Crippen LogP contribution is 2.38. The number of amides is 3. The minimum absolute atomic E-state index is 0.0280. The van der Waals surface area contributed by atoms with Gasteiger partial charge in [-0.15, -0.1) is 0 Å². The summed E-state index contributed by atoms with van der Waals surface area (Å²) in [6.45, 7) is 10.7. The number of nitrogens with one attached hydrogen (secondary N) is 2. The van der Waals surface area contributed by atoms with Gasteiger partial charge in [-0.05, 0) is 76.9 Å². The van der Waals surface area contributed by atoms with Crippen molar-refractivity contribution >= 4 is 29.1 Å². The van der Waals surface area contributed by atoms with E-state index in [1.807, 2.05) is 45.9 Å². The maximum atomic E-state index is 13.1. The van der Waals surface area contributed by atoms with E-state index in [1.54, 1.807) is 32.0 Å². The lowest BCUT2D eigenvalue weighted by Gasteiger charge is -2.38. The average molecular weight is 424 g/mol. The molecular formula is C24H29N3O4. The normalized spacial score (nSPS) is 14.7. The fourth-order valence-electron chi connectivity index (χ4n) is 3.42. The van der Waals surface area contributed by atoms with E-state index in [-0.39, 0.29) is 30.3 Å². The first-order valence-corrected chi connectivity index (χ1v) is 10.3. The van der Waals surface area contributed by atoms with Crippen molar-refractivity contribution < 1.29 is 19.1 Å². The van der Waals surface area contributed by atoms with Crippen LogP contribution in [0.3, 0.4) is 0 Å². The lowest BCUT2D eigenvalue weighted by molar-refractivity contribution is -0.133. The van der Waals surface area contributed by atoms with Crippen LogP contribution in [0.15, 0.2) is 36.4 Å². The SMILES string of the molecule is Cc1ccc(C)c(NC(=O)CN2C(=O)C(C)(C)Oc3ccc(C(=O)NC(C)C)cc32)c1. The molecule has 2 N–H and O–H groups in total. The predicted octanol–water partition coefficient (Wildman–Crippen LogP) is 3.58. The van der Waals surface area contributed by atoms with Gasteiger partial charge in [0.15, 0.2) is 5.60 Å². The Labute approximate surface area is 182 Å². The number of nitrogens with zero attached hydrogens (tertiary/aromatic N) is 1. The van der Waals surface area contributed by atoms with Gasteiger partial charge in [0.25, 0.3) is 11.8 Å². The summed E-state index contributed by atoms with van der Waals surface area (Å²) in [7, 11) is 0. The molecule has 1 aliphatic heterocycles. The van der Waals surface area contributed by atoms with Gasteiger partial charge in [0.2, 0.25) is 5.91 Å². The second-order valence-electron chi connectivity index (χ2n) is 8.68. The second-order valence-corrected chi connectivity index (χ2v) is 8.68. The van der Waals surface area contributed by atoms with Crippen molar-refractivity contribution in [3.63, 3.8) is 0 Å². The molecule has 3 rings (SSSR count). The zero-order chi connectivity index (χ0) is 22.9. The standard InChI is InChI=1S/C24H29N3O4/c1-14(2)25-22(29)17-9-10-20-19(12-17)27(23(30)24(5,6)31-20)13-21(28)26-18-11-15(3)7-8-16(18)4/h7-12,14H,13H2,1-6H3,(H,25,29)(H,26,28). The van der Waals surface area contributed by atoms with Gasteiger partial charge in [0.1, 0.15) is 12.3 Å². The Morgan fingerprint density at radius 3 is 2.48 bits per heavy atom. The van der Waals surface area contributed by atoms with Gasteiger partial charge in [0, 0.05) is 17.3 Å². The molecule has 0 atom stereocenters. The van der Waals surface area contributed by atoms with Crippen molar-refractivity contribution in [3.8, 4) is 5.75 Å². The molecule has 2 aromatic rings. The zero-order valence-corrected chi connectivity index (χ0v) is 18.8. The van der Waals surface area contributed by atoms with Gasteiger partial charge in [-0.1, -0.05) is 12.1 Å². The van der Waals surface area contributed by atoms with Crippen LogP contribution in [0.4, 0.5) is 11.4 Å². The van der Waals surface area contributed by atoms with E-state index in [9.17, 15) is 14.4 Å². The topological polar surface area (TPSA) is 87.7 Å². The zero-order valence-electron chi connectivity index (χ0n) is 18.8. The van der Waals surface area contributed by atoms with Gasteiger partial charge < -0.3 is 15.4 Å². The largest absolute Gasteiger partial charge is 0.476 e. The number of carbonyl (C=O) groups is 3. The summed E-state index contributed by atoms with van der Waals surface area (Å²) < 4.78 is 5.86. The summed E-state index contributed by atoms with van der Waals surface area (Å²) in [5.41, 5.74) is 2.32. The maximum Gasteiger partial charge on any atom is 0.271 e. The number of ether oxygens (including phenoxy) is 1. The lowest BCUT2D eigenvalue weighted by Crippen LogP contribution is -2.54. The molecular weight excluding hydrogens is 394 g/mol. The fraction of sp³-hybridized carbons (Fsp3) is 0.375. The Bertz CT molecular complexity index is 1040. The molecule has 0 bridgehead atoms. The highest BCUT2D eigenvalue weighted by molar-refractivity contribution is 6.08. The molecule has 7 nitrogen and oxygen atoms in total. The van der Waals surface area contributed by atoms with Crippen molar-refractivity contribution in [3.05, 3.63) is 53.1 Å². The summed E-state index contributed by atoms with van der Waals surface area (Å²) in [6.07, 6.45) is 0. The first-order chi connectivity index (χ1) is 14.5. The molecule has 0 aromatic heterocycles. The number of carbonyl (C=O) groups excluding carboxylic acids is 3. The van der Waals surface area contributed by atoms with Gasteiger partial charge in [-0.25, -0.2) is 0 Å². The van der Waals surface area contributed by atoms with Crippen molar-refractivity contribution in [1.82, 2.24) is 5.32 Å². The third kappa shape index (κ3) is 4.87. The summed E-state index contributed by atoms with van der Waals surface area (Å²) in [5, 5.41) is 5.72. The van der Waals surface area contributed by atoms with Crippen LogP contribution in [0.2, 0.25) is 0 Å². The summed E-state index contributed by atoms with van der Waals surface area (Å²) in [6, 6.07) is 10.7. The molecule has 0 fully saturated rings. The molecule has 0 unspecified atom stereocenters. The molecule has 0 radical (unpaired) electrons. The molecule has 0 saturated carbocycles. The van der Waals surface area contributed by atoms with Crippen molar-refractivity contribution in [2.45, 2.75) is 53.2 Å². The average Bonchev–Trinajstić information content (AvgIpc) is 2.67. The van der Waals surface area contributed by atoms with Crippen LogP contribution in [-0.4, -0.2) is 35.9 Å². The Hall–Kier alpha value is -3.35. The Balaban J connectivity index is 1.91. The number of benzene rings is 2. The van der Waals surface area contributed by atoms with Gasteiger partial charge >= 0.3 is 0 Å². The molecule has 1 aliphatic rings. The van der Waals surface area contributed by atoms with Crippen LogP contribution in [0.25, 0.3) is 0 Å². The first kappa shape index (κ1) is 22.3. The number of hydrogen-bond acceptors (Lipinski definition) is 4. The Morgan fingerprint density at radius 1 is 1.10 bits per heavy atom. The maximum absolute atomic E-state index is 13.1. The summed E-state index contributed by atoms with van der Waals surface area (Å²) >= 11 is 0. The Morgan fingerprint density at radius 2 is 1.81 bits per heavy atom. The highest BCUT2D eigenvalue weighted by atomic mass is 16.5. The van der Waals surface area contributed by atoms with Gasteiger partial charge in [-0.3, -0.25) is 19.3 Å². The van der Waals surface area contributed by atoms with Crippen LogP contribution >= 0.6 is 0 Å².